The van der Waals surface area contributed by atoms with Gasteiger partial charge in [-0.1, -0.05) is 6.07 Å². The average Bonchev–Trinajstić information content (AvgIpc) is 2.46. The number of hydrogen-bond donors (Lipinski definition) is 1. The minimum atomic E-state index is -3.40. The van der Waals surface area contributed by atoms with Gasteiger partial charge in [0.2, 0.25) is 0 Å². The third-order valence-electron chi connectivity index (χ3n) is 4.11. The van der Waals surface area contributed by atoms with Crippen LogP contribution in [0.25, 0.3) is 0 Å². The molecular formula is C15H26N4O2S. The molecule has 6 nitrogen and oxygen atoms in total. The molecule has 0 amide bonds. The van der Waals surface area contributed by atoms with Gasteiger partial charge in [0.1, 0.15) is 5.82 Å². The van der Waals surface area contributed by atoms with Crippen LogP contribution in [0, 0.1) is 6.92 Å². The Bertz CT molecular complexity index is 595. The highest BCUT2D eigenvalue weighted by Crippen LogP contribution is 2.19. The molecule has 0 saturated carbocycles. The fourth-order valence-corrected chi connectivity index (χ4v) is 3.88. The van der Waals surface area contributed by atoms with Crippen molar-refractivity contribution in [2.45, 2.75) is 45.7 Å². The van der Waals surface area contributed by atoms with Crippen LogP contribution in [0.4, 0.5) is 5.82 Å². The van der Waals surface area contributed by atoms with Crippen LogP contribution in [0.15, 0.2) is 18.2 Å². The molecule has 1 aromatic rings. The molecule has 1 aliphatic rings. The van der Waals surface area contributed by atoms with Crippen LogP contribution in [0.1, 0.15) is 32.4 Å². The Hall–Kier alpha value is -1.18. The number of pyridine rings is 1. The number of hydrogen-bond acceptors (Lipinski definition) is 4. The van der Waals surface area contributed by atoms with E-state index in [0.29, 0.717) is 0 Å². The Kier molecular flexibility index (Phi) is 5.41. The third kappa shape index (κ3) is 4.18. The third-order valence-corrected chi connectivity index (χ3v) is 5.93. The molecule has 0 radical (unpaired) electrons. The van der Waals surface area contributed by atoms with Gasteiger partial charge in [0.15, 0.2) is 0 Å². The van der Waals surface area contributed by atoms with Gasteiger partial charge in [-0.3, -0.25) is 0 Å². The quantitative estimate of drug-likeness (QED) is 0.891. The van der Waals surface area contributed by atoms with Gasteiger partial charge < -0.3 is 4.90 Å². The summed E-state index contributed by atoms with van der Waals surface area (Å²) in [5, 5.41) is 0. The van der Waals surface area contributed by atoms with E-state index in [0.717, 1.165) is 37.4 Å². The number of aryl methyl sites for hydroxylation is 1. The lowest BCUT2D eigenvalue weighted by molar-refractivity contribution is 0.383. The number of aromatic nitrogens is 1. The molecule has 7 heteroatoms. The molecule has 1 saturated heterocycles. The lowest BCUT2D eigenvalue weighted by Crippen LogP contribution is -2.50. The first-order chi connectivity index (χ1) is 10.3. The normalized spacial score (nSPS) is 17.5. The summed E-state index contributed by atoms with van der Waals surface area (Å²) in [5.41, 5.74) is 0.999. The van der Waals surface area contributed by atoms with Crippen molar-refractivity contribution in [3.63, 3.8) is 0 Å². The monoisotopic (exact) mass is 326 g/mol. The van der Waals surface area contributed by atoms with Crippen LogP contribution >= 0.6 is 0 Å². The van der Waals surface area contributed by atoms with Crippen LogP contribution in [-0.2, 0) is 10.2 Å². The summed E-state index contributed by atoms with van der Waals surface area (Å²) >= 11 is 0. The molecule has 1 N–H and O–H groups in total. The zero-order valence-corrected chi connectivity index (χ0v) is 14.6. The molecule has 22 heavy (non-hydrogen) atoms. The second kappa shape index (κ2) is 6.93. The van der Waals surface area contributed by atoms with E-state index < -0.39 is 10.2 Å². The fraction of sp³-hybridized carbons (Fsp3) is 0.667. The van der Waals surface area contributed by atoms with Crippen LogP contribution in [0.2, 0.25) is 0 Å². The van der Waals surface area contributed by atoms with Gasteiger partial charge in [-0.25, -0.2) is 4.98 Å². The van der Waals surface area contributed by atoms with E-state index in [1.54, 1.807) is 7.05 Å². The van der Waals surface area contributed by atoms with Gasteiger partial charge in [0.05, 0.1) is 0 Å². The fourth-order valence-electron chi connectivity index (χ4n) is 2.50. The highest BCUT2D eigenvalue weighted by molar-refractivity contribution is 7.87. The highest BCUT2D eigenvalue weighted by atomic mass is 32.2. The Morgan fingerprint density at radius 3 is 2.50 bits per heavy atom. The Labute approximate surface area is 133 Å². The SMILES string of the molecule is Cc1cccc(N2CCC(NS(=O)(=O)N(C)C(C)C)CC2)n1. The smallest absolute Gasteiger partial charge is 0.279 e. The Balaban J connectivity index is 1.93. The predicted molar refractivity (Wildman–Crippen MR) is 89.2 cm³/mol. The van der Waals surface area contributed by atoms with Gasteiger partial charge in [0.25, 0.3) is 10.2 Å². The van der Waals surface area contributed by atoms with Crippen molar-refractivity contribution in [3.8, 4) is 0 Å². The molecule has 0 unspecified atom stereocenters. The van der Waals surface area contributed by atoms with E-state index >= 15 is 0 Å². The van der Waals surface area contributed by atoms with E-state index in [2.05, 4.69) is 14.6 Å². The largest absolute Gasteiger partial charge is 0.356 e. The highest BCUT2D eigenvalue weighted by Gasteiger charge is 2.27. The summed E-state index contributed by atoms with van der Waals surface area (Å²) in [6.45, 7) is 7.34. The molecule has 0 aliphatic carbocycles. The summed E-state index contributed by atoms with van der Waals surface area (Å²) in [7, 11) is -1.79. The number of rotatable bonds is 5. The van der Waals surface area contributed by atoms with Crippen molar-refractivity contribution >= 4 is 16.0 Å². The average molecular weight is 326 g/mol. The maximum atomic E-state index is 12.2. The van der Waals surface area contributed by atoms with Gasteiger partial charge in [-0.15, -0.1) is 0 Å². The number of nitrogens with one attached hydrogen (secondary N) is 1. The van der Waals surface area contributed by atoms with E-state index in [1.807, 2.05) is 39.0 Å². The summed E-state index contributed by atoms with van der Waals surface area (Å²) in [6, 6.07) is 5.93. The molecule has 124 valence electrons. The van der Waals surface area contributed by atoms with Crippen molar-refractivity contribution in [3.05, 3.63) is 23.9 Å². The lowest BCUT2D eigenvalue weighted by Gasteiger charge is -2.34. The van der Waals surface area contributed by atoms with Crippen molar-refractivity contribution in [2.75, 3.05) is 25.0 Å². The molecule has 0 aromatic carbocycles. The van der Waals surface area contributed by atoms with Crippen molar-refractivity contribution in [1.29, 1.82) is 0 Å². The minimum absolute atomic E-state index is 0.00717. The molecule has 1 aliphatic heterocycles. The molecule has 0 spiro atoms. The second-order valence-corrected chi connectivity index (χ2v) is 7.89. The molecular weight excluding hydrogens is 300 g/mol. The lowest BCUT2D eigenvalue weighted by atomic mass is 10.1. The predicted octanol–water partition coefficient (Wildman–Crippen LogP) is 1.53. The van der Waals surface area contributed by atoms with E-state index in [4.69, 9.17) is 0 Å². The summed E-state index contributed by atoms with van der Waals surface area (Å²) in [4.78, 5) is 6.74. The first-order valence-corrected chi connectivity index (χ1v) is 9.17. The summed E-state index contributed by atoms with van der Waals surface area (Å²) in [5.74, 6) is 0.973. The van der Waals surface area contributed by atoms with Crippen molar-refractivity contribution in [2.24, 2.45) is 0 Å². The van der Waals surface area contributed by atoms with E-state index in [9.17, 15) is 8.42 Å². The van der Waals surface area contributed by atoms with Crippen molar-refractivity contribution in [1.82, 2.24) is 14.0 Å². The molecule has 1 fully saturated rings. The first-order valence-electron chi connectivity index (χ1n) is 7.73. The minimum Gasteiger partial charge on any atom is -0.356 e. The van der Waals surface area contributed by atoms with Gasteiger partial charge in [-0.05, 0) is 45.7 Å². The van der Waals surface area contributed by atoms with Gasteiger partial charge in [-0.2, -0.15) is 17.4 Å². The molecule has 2 heterocycles. The zero-order chi connectivity index (χ0) is 16.3. The van der Waals surface area contributed by atoms with Gasteiger partial charge in [0, 0.05) is 37.9 Å². The number of anilines is 1. The number of piperidine rings is 1. The second-order valence-electron chi connectivity index (χ2n) is 6.13. The maximum absolute atomic E-state index is 12.2. The first kappa shape index (κ1) is 17.2. The van der Waals surface area contributed by atoms with Crippen LogP contribution in [-0.4, -0.2) is 49.9 Å². The summed E-state index contributed by atoms with van der Waals surface area (Å²) in [6.07, 6.45) is 1.58. The van der Waals surface area contributed by atoms with Crippen LogP contribution in [0.5, 0.6) is 0 Å². The maximum Gasteiger partial charge on any atom is 0.279 e. The standard InChI is InChI=1S/C15H26N4O2S/c1-12(2)18(4)22(20,21)17-14-8-10-19(11-9-14)15-7-5-6-13(3)16-15/h5-7,12,14,17H,8-11H2,1-4H3. The van der Waals surface area contributed by atoms with Crippen molar-refractivity contribution < 1.29 is 8.42 Å². The summed E-state index contributed by atoms with van der Waals surface area (Å²) < 4.78 is 28.6. The molecule has 2 rings (SSSR count). The van der Waals surface area contributed by atoms with E-state index in [-0.39, 0.29) is 12.1 Å². The topological polar surface area (TPSA) is 65.5 Å². The number of nitrogens with zero attached hydrogens (tertiary/aromatic N) is 3. The Morgan fingerprint density at radius 1 is 1.32 bits per heavy atom. The van der Waals surface area contributed by atoms with Crippen LogP contribution in [0.3, 0.4) is 0 Å². The Morgan fingerprint density at radius 2 is 1.95 bits per heavy atom. The van der Waals surface area contributed by atoms with E-state index in [1.165, 1.54) is 4.31 Å². The zero-order valence-electron chi connectivity index (χ0n) is 13.8. The molecule has 1 aromatic heterocycles. The van der Waals surface area contributed by atoms with Gasteiger partial charge >= 0.3 is 0 Å². The molecule has 0 bridgehead atoms. The van der Waals surface area contributed by atoms with Crippen LogP contribution < -0.4 is 9.62 Å². The molecule has 0 atom stereocenters.